The molecule has 0 bridgehead atoms. The summed E-state index contributed by atoms with van der Waals surface area (Å²) in [4.78, 5) is 33.2. The third-order valence-corrected chi connectivity index (χ3v) is 5.04. The number of imidazole rings is 1. The lowest BCUT2D eigenvalue weighted by molar-refractivity contribution is -0.192. The molecule has 2 heterocycles. The molecule has 0 atom stereocenters. The number of nitrogens with one attached hydrogen (secondary N) is 2. The van der Waals surface area contributed by atoms with Crippen molar-refractivity contribution in [2.45, 2.75) is 19.5 Å². The molecule has 0 fully saturated rings. The van der Waals surface area contributed by atoms with Crippen molar-refractivity contribution in [3.63, 3.8) is 0 Å². The zero-order valence-electron chi connectivity index (χ0n) is 19.2. The first-order valence-corrected chi connectivity index (χ1v) is 10.5. The fraction of sp³-hybridized carbons (Fsp3) is 0.167. The van der Waals surface area contributed by atoms with Gasteiger partial charge in [-0.05, 0) is 42.3 Å². The van der Waals surface area contributed by atoms with Gasteiger partial charge in [0.1, 0.15) is 17.1 Å². The van der Waals surface area contributed by atoms with Gasteiger partial charge in [0, 0.05) is 17.4 Å². The van der Waals surface area contributed by atoms with Gasteiger partial charge >= 0.3 is 12.1 Å². The molecule has 2 aromatic heterocycles. The van der Waals surface area contributed by atoms with Gasteiger partial charge in [-0.2, -0.15) is 13.2 Å². The molecule has 5 N–H and O–H groups in total. The number of aliphatic carboxylic acids is 1. The smallest absolute Gasteiger partial charge is 0.490 e. The van der Waals surface area contributed by atoms with E-state index in [1.165, 1.54) is 6.20 Å². The summed E-state index contributed by atoms with van der Waals surface area (Å²) in [5, 5.41) is 10.5. The number of carboxylic acid groups (broad SMARTS) is 1. The number of nitrogens with zero attached hydrogens (tertiary/aromatic N) is 2. The third-order valence-electron chi connectivity index (χ3n) is 5.04. The van der Waals surface area contributed by atoms with Crippen molar-refractivity contribution in [1.29, 1.82) is 0 Å². The second-order valence-electron chi connectivity index (χ2n) is 7.36. The number of hydrogen-bond donors (Lipinski definition) is 4. The fourth-order valence-corrected chi connectivity index (χ4v) is 3.24. The molecule has 188 valence electrons. The lowest BCUT2D eigenvalue weighted by Crippen LogP contribution is -2.21. The number of aromatic amines is 1. The molecule has 0 aliphatic heterocycles. The summed E-state index contributed by atoms with van der Waals surface area (Å²) < 4.78 is 36.9. The molecule has 0 saturated carbocycles. The summed E-state index contributed by atoms with van der Waals surface area (Å²) in [5.74, 6) is -1.92. The van der Waals surface area contributed by atoms with Crippen LogP contribution in [0.5, 0.6) is 5.75 Å². The molecule has 4 aromatic rings. The largest absolute Gasteiger partial charge is 0.497 e. The number of aromatic nitrogens is 3. The second-order valence-corrected chi connectivity index (χ2v) is 7.36. The molecule has 1 amide bonds. The van der Waals surface area contributed by atoms with Crippen LogP contribution in [0.1, 0.15) is 22.8 Å². The minimum atomic E-state index is -5.08. The number of anilines is 2. The molecule has 9 nitrogen and oxygen atoms in total. The normalized spacial score (nSPS) is 10.9. The second kappa shape index (κ2) is 10.8. The first kappa shape index (κ1) is 26.0. The third kappa shape index (κ3) is 5.90. The Labute approximate surface area is 203 Å². The van der Waals surface area contributed by atoms with E-state index in [1.54, 1.807) is 7.11 Å². The molecule has 12 heteroatoms. The van der Waals surface area contributed by atoms with E-state index in [4.69, 9.17) is 25.4 Å². The predicted octanol–water partition coefficient (Wildman–Crippen LogP) is 4.67. The number of nitrogens with two attached hydrogens (primary N) is 1. The minimum absolute atomic E-state index is 0.288. The number of ether oxygens (including phenoxy) is 1. The highest BCUT2D eigenvalue weighted by Crippen LogP contribution is 2.31. The number of carbonyl (C=O) groups is 2. The van der Waals surface area contributed by atoms with E-state index < -0.39 is 18.1 Å². The first-order valence-electron chi connectivity index (χ1n) is 10.5. The van der Waals surface area contributed by atoms with Crippen molar-refractivity contribution < 1.29 is 32.6 Å². The molecule has 0 saturated heterocycles. The zero-order chi connectivity index (χ0) is 26.5. The Balaban J connectivity index is 0.000000454. The minimum Gasteiger partial charge on any atom is -0.497 e. The van der Waals surface area contributed by atoms with Crippen LogP contribution in [0.15, 0.2) is 54.7 Å². The summed E-state index contributed by atoms with van der Waals surface area (Å²) in [5.41, 5.74) is 10.5. The maximum Gasteiger partial charge on any atom is 0.490 e. The number of methoxy groups -OCH3 is 1. The lowest BCUT2D eigenvalue weighted by atomic mass is 10.1. The summed E-state index contributed by atoms with van der Waals surface area (Å²) in [6.45, 7) is 2.08. The first-order chi connectivity index (χ1) is 17.0. The van der Waals surface area contributed by atoms with Gasteiger partial charge in [-0.15, -0.1) is 0 Å². The van der Waals surface area contributed by atoms with Crippen LogP contribution in [0, 0.1) is 0 Å². The lowest BCUT2D eigenvalue weighted by Gasteiger charge is -2.13. The number of carbonyl (C=O) groups excluding carboxylic acids is 1. The van der Waals surface area contributed by atoms with E-state index >= 15 is 0 Å². The van der Waals surface area contributed by atoms with Crippen molar-refractivity contribution in [3.8, 4) is 17.1 Å². The van der Waals surface area contributed by atoms with Crippen LogP contribution in [-0.4, -0.2) is 45.2 Å². The number of benzene rings is 2. The maximum absolute atomic E-state index is 12.0. The van der Waals surface area contributed by atoms with Crippen molar-refractivity contribution in [2.24, 2.45) is 5.73 Å². The van der Waals surface area contributed by atoms with Gasteiger partial charge in [0.25, 0.3) is 5.91 Å². The summed E-state index contributed by atoms with van der Waals surface area (Å²) >= 11 is 0. The summed E-state index contributed by atoms with van der Waals surface area (Å²) in [7, 11) is 1.62. The van der Waals surface area contributed by atoms with Crippen molar-refractivity contribution >= 4 is 34.4 Å². The van der Waals surface area contributed by atoms with E-state index in [0.717, 1.165) is 29.0 Å². The fourth-order valence-electron chi connectivity index (χ4n) is 3.24. The van der Waals surface area contributed by atoms with Crippen LogP contribution < -0.4 is 15.8 Å². The number of halogens is 3. The van der Waals surface area contributed by atoms with E-state index in [2.05, 4.69) is 22.2 Å². The molecular weight excluding hydrogens is 479 g/mol. The van der Waals surface area contributed by atoms with Gasteiger partial charge in [0.2, 0.25) is 0 Å². The Kier molecular flexibility index (Phi) is 7.77. The predicted molar refractivity (Wildman–Crippen MR) is 127 cm³/mol. The van der Waals surface area contributed by atoms with Gasteiger partial charge in [-0.1, -0.05) is 25.1 Å². The Morgan fingerprint density at radius 1 is 1.14 bits per heavy atom. The number of para-hydroxylation sites is 1. The average Bonchev–Trinajstić information content (AvgIpc) is 3.29. The average molecular weight is 501 g/mol. The molecule has 2 aromatic carbocycles. The van der Waals surface area contributed by atoms with Crippen molar-refractivity contribution in [3.05, 3.63) is 65.9 Å². The van der Waals surface area contributed by atoms with Crippen molar-refractivity contribution in [2.75, 3.05) is 12.4 Å². The number of carboxylic acids is 1. The Morgan fingerprint density at radius 2 is 1.78 bits per heavy atom. The van der Waals surface area contributed by atoms with Crippen LogP contribution >= 0.6 is 0 Å². The Hall–Kier alpha value is -4.61. The topological polar surface area (TPSA) is 143 Å². The Morgan fingerprint density at radius 3 is 2.33 bits per heavy atom. The standard InChI is InChI=1S/C22H21N5O2.C2HF3O2/c1-3-13-6-4-5-7-17(13)25-18-16(20(23)28)12-24-22-19(18)26-21(27-22)14-8-10-15(29-2)11-9-14;3-2(4,5)1(6)7/h4-12H,3H2,1-2H3,(H2,23,28)(H2,24,25,26,27);(H,6,7). The number of H-pyrrole nitrogens is 1. The molecule has 0 spiro atoms. The van der Waals surface area contributed by atoms with Gasteiger partial charge < -0.3 is 25.9 Å². The summed E-state index contributed by atoms with van der Waals surface area (Å²) in [6.07, 6.45) is -2.77. The molecule has 0 unspecified atom stereocenters. The SMILES string of the molecule is CCc1ccccc1Nc1c(C(N)=O)cnc2[nH]c(-c3ccc(OC)cc3)nc12.O=C(O)C(F)(F)F. The van der Waals surface area contributed by atoms with E-state index in [-0.39, 0.29) is 5.56 Å². The number of fused-ring (bicyclic) bond motifs is 1. The van der Waals surface area contributed by atoms with Crippen LogP contribution in [0.3, 0.4) is 0 Å². The van der Waals surface area contributed by atoms with Gasteiger partial charge in [-0.3, -0.25) is 4.79 Å². The van der Waals surface area contributed by atoms with Crippen molar-refractivity contribution in [1.82, 2.24) is 15.0 Å². The monoisotopic (exact) mass is 501 g/mol. The summed E-state index contributed by atoms with van der Waals surface area (Å²) in [6, 6.07) is 15.5. The number of alkyl halides is 3. The molecule has 36 heavy (non-hydrogen) atoms. The van der Waals surface area contributed by atoms with E-state index in [1.807, 2.05) is 48.5 Å². The van der Waals surface area contributed by atoms with Gasteiger partial charge in [-0.25, -0.2) is 14.8 Å². The van der Waals surface area contributed by atoms with Crippen LogP contribution in [0.25, 0.3) is 22.6 Å². The molecular formula is C24H22F3N5O4. The quantitative estimate of drug-likeness (QED) is 0.301. The number of rotatable bonds is 6. The van der Waals surface area contributed by atoms with E-state index in [9.17, 15) is 18.0 Å². The van der Waals surface area contributed by atoms with Gasteiger partial charge in [0.05, 0.1) is 18.4 Å². The van der Waals surface area contributed by atoms with Crippen LogP contribution in [0.4, 0.5) is 24.5 Å². The number of pyridine rings is 1. The van der Waals surface area contributed by atoms with Gasteiger partial charge in [0.15, 0.2) is 5.65 Å². The Bertz CT molecular complexity index is 1390. The van der Waals surface area contributed by atoms with Crippen LogP contribution in [-0.2, 0) is 11.2 Å². The number of amides is 1. The highest BCUT2D eigenvalue weighted by molar-refractivity contribution is 6.06. The number of aryl methyl sites for hydroxylation is 1. The number of hydrogen-bond acceptors (Lipinski definition) is 6. The molecule has 0 aliphatic carbocycles. The molecule has 0 aliphatic rings. The highest BCUT2D eigenvalue weighted by atomic mass is 19.4. The molecule has 0 radical (unpaired) electrons. The van der Waals surface area contributed by atoms with E-state index in [0.29, 0.717) is 22.7 Å². The molecule has 4 rings (SSSR count). The van der Waals surface area contributed by atoms with Crippen LogP contribution in [0.2, 0.25) is 0 Å². The zero-order valence-corrected chi connectivity index (χ0v) is 19.2. The number of primary amides is 1. The highest BCUT2D eigenvalue weighted by Gasteiger charge is 2.38. The maximum atomic E-state index is 12.0.